The Bertz CT molecular complexity index is 769. The molecule has 0 heterocycles. The molecule has 0 saturated carbocycles. The normalized spacial score (nSPS) is 10.7. The second-order valence-electron chi connectivity index (χ2n) is 5.52. The van der Waals surface area contributed by atoms with Gasteiger partial charge >= 0.3 is 0 Å². The number of nitrogens with zero attached hydrogens (tertiary/aromatic N) is 2. The molecule has 2 rings (SSSR count). The van der Waals surface area contributed by atoms with Gasteiger partial charge in [-0.25, -0.2) is 8.78 Å². The molecule has 2 amide bonds. The van der Waals surface area contributed by atoms with Crippen LogP contribution in [0.2, 0.25) is 0 Å². The molecule has 0 saturated heterocycles. The van der Waals surface area contributed by atoms with Crippen LogP contribution < -0.4 is 4.90 Å². The Morgan fingerprint density at radius 3 is 2.12 bits per heavy atom. The van der Waals surface area contributed by atoms with Crippen molar-refractivity contribution < 1.29 is 18.4 Å². The van der Waals surface area contributed by atoms with Gasteiger partial charge in [0, 0.05) is 31.4 Å². The molecule has 0 bridgehead atoms. The first kappa shape index (κ1) is 18.3. The first-order chi connectivity index (χ1) is 11.9. The fraction of sp³-hybridized carbons (Fsp3) is 0.158. The molecule has 4 nitrogen and oxygen atoms in total. The lowest BCUT2D eigenvalue weighted by Crippen LogP contribution is -2.39. The molecule has 0 spiro atoms. The van der Waals surface area contributed by atoms with Gasteiger partial charge in [0.15, 0.2) is 0 Å². The number of hydrogen-bond donors (Lipinski definition) is 0. The number of amides is 2. The predicted molar refractivity (Wildman–Crippen MR) is 92.9 cm³/mol. The molecule has 2 aromatic carbocycles. The Hall–Kier alpha value is -3.02. The first-order valence-electron chi connectivity index (χ1n) is 7.59. The third-order valence-electron chi connectivity index (χ3n) is 3.52. The summed E-state index contributed by atoms with van der Waals surface area (Å²) in [6, 6.07) is 12.1. The molecule has 0 N–H and O–H groups in total. The van der Waals surface area contributed by atoms with Crippen LogP contribution >= 0.6 is 0 Å². The lowest BCUT2D eigenvalue weighted by molar-refractivity contribution is -0.128. The van der Waals surface area contributed by atoms with Crippen molar-refractivity contribution in [3.63, 3.8) is 0 Å². The monoisotopic (exact) mass is 344 g/mol. The van der Waals surface area contributed by atoms with E-state index in [-0.39, 0.29) is 18.0 Å². The van der Waals surface area contributed by atoms with Crippen LogP contribution in [0, 0.1) is 11.6 Å². The van der Waals surface area contributed by atoms with E-state index in [1.165, 1.54) is 15.9 Å². The summed E-state index contributed by atoms with van der Waals surface area (Å²) in [4.78, 5) is 27.1. The van der Waals surface area contributed by atoms with Crippen molar-refractivity contribution in [2.24, 2.45) is 0 Å². The maximum Gasteiger partial charge on any atom is 0.251 e. The van der Waals surface area contributed by atoms with Crippen LogP contribution in [0.3, 0.4) is 0 Å². The Morgan fingerprint density at radius 1 is 0.960 bits per heavy atom. The lowest BCUT2D eigenvalue weighted by atomic mass is 10.1. The molecule has 0 aromatic heterocycles. The van der Waals surface area contributed by atoms with E-state index < -0.39 is 17.5 Å². The molecule has 0 aliphatic carbocycles. The van der Waals surface area contributed by atoms with Gasteiger partial charge in [-0.15, -0.1) is 0 Å². The van der Waals surface area contributed by atoms with Crippen molar-refractivity contribution in [2.75, 3.05) is 25.5 Å². The minimum atomic E-state index is -0.764. The molecule has 0 fully saturated rings. The Balaban J connectivity index is 2.29. The summed E-state index contributed by atoms with van der Waals surface area (Å²) in [5, 5.41) is 0. The van der Waals surface area contributed by atoms with Gasteiger partial charge in [0.25, 0.3) is 5.91 Å². The Morgan fingerprint density at radius 2 is 1.56 bits per heavy atom. The summed E-state index contributed by atoms with van der Waals surface area (Å²) >= 11 is 0. The molecule has 130 valence electrons. The number of benzene rings is 2. The number of carbonyl (C=O) groups is 2. The van der Waals surface area contributed by atoms with Crippen molar-refractivity contribution in [3.05, 3.63) is 71.8 Å². The van der Waals surface area contributed by atoms with Gasteiger partial charge in [0.2, 0.25) is 5.91 Å². The number of hydrogen-bond acceptors (Lipinski definition) is 2. The van der Waals surface area contributed by atoms with Gasteiger partial charge < -0.3 is 4.90 Å². The first-order valence-corrected chi connectivity index (χ1v) is 7.59. The zero-order valence-corrected chi connectivity index (χ0v) is 13.9. The predicted octanol–water partition coefficient (Wildman–Crippen LogP) is 3.10. The topological polar surface area (TPSA) is 40.6 Å². The quantitative estimate of drug-likeness (QED) is 0.782. The minimum Gasteiger partial charge on any atom is -0.347 e. The maximum absolute atomic E-state index is 13.7. The van der Waals surface area contributed by atoms with Gasteiger partial charge in [-0.2, -0.15) is 0 Å². The second kappa shape index (κ2) is 8.19. The number of halogens is 2. The van der Waals surface area contributed by atoms with Crippen LogP contribution in [-0.4, -0.2) is 37.4 Å². The highest BCUT2D eigenvalue weighted by Crippen LogP contribution is 2.17. The van der Waals surface area contributed by atoms with Gasteiger partial charge in [-0.05, 0) is 30.3 Å². The fourth-order valence-corrected chi connectivity index (χ4v) is 2.10. The van der Waals surface area contributed by atoms with Crippen molar-refractivity contribution in [1.29, 1.82) is 0 Å². The average Bonchev–Trinajstić information content (AvgIpc) is 2.59. The van der Waals surface area contributed by atoms with E-state index in [1.54, 1.807) is 44.4 Å². The highest BCUT2D eigenvalue weighted by atomic mass is 19.1. The SMILES string of the molecule is CN(C)C(=O)CN(C(=O)/C=C/c1c(F)cccc1F)c1ccccc1. The molecule has 2 aromatic rings. The van der Waals surface area contributed by atoms with Crippen LogP contribution in [0.1, 0.15) is 5.56 Å². The highest BCUT2D eigenvalue weighted by molar-refractivity contribution is 6.06. The van der Waals surface area contributed by atoms with E-state index in [1.807, 2.05) is 0 Å². The van der Waals surface area contributed by atoms with Gasteiger partial charge in [-0.1, -0.05) is 24.3 Å². The molecule has 0 atom stereocenters. The number of para-hydroxylation sites is 1. The standard InChI is InChI=1S/C19H18F2N2O2/c1-22(2)19(25)13-23(14-7-4-3-5-8-14)18(24)12-11-15-16(20)9-6-10-17(15)21/h3-12H,13H2,1-2H3/b12-11+. The van der Waals surface area contributed by atoms with Gasteiger partial charge in [0.1, 0.15) is 18.2 Å². The smallest absolute Gasteiger partial charge is 0.251 e. The summed E-state index contributed by atoms with van der Waals surface area (Å²) < 4.78 is 27.3. The van der Waals surface area contributed by atoms with Crippen LogP contribution in [-0.2, 0) is 9.59 Å². The molecule has 6 heteroatoms. The number of likely N-dealkylation sites (N-methyl/N-ethyl adjacent to an activating group) is 1. The second-order valence-corrected chi connectivity index (χ2v) is 5.52. The van der Waals surface area contributed by atoms with E-state index in [4.69, 9.17) is 0 Å². The van der Waals surface area contributed by atoms with E-state index in [9.17, 15) is 18.4 Å². The maximum atomic E-state index is 13.7. The highest BCUT2D eigenvalue weighted by Gasteiger charge is 2.18. The van der Waals surface area contributed by atoms with E-state index in [0.717, 1.165) is 24.3 Å². The molecule has 0 radical (unpaired) electrons. The van der Waals surface area contributed by atoms with Gasteiger partial charge in [0.05, 0.1) is 0 Å². The fourth-order valence-electron chi connectivity index (χ4n) is 2.10. The summed E-state index contributed by atoms with van der Waals surface area (Å²) in [7, 11) is 3.17. The van der Waals surface area contributed by atoms with Crippen LogP contribution in [0.25, 0.3) is 6.08 Å². The third kappa shape index (κ3) is 4.73. The Labute approximate surface area is 145 Å². The summed E-state index contributed by atoms with van der Waals surface area (Å²) in [5.41, 5.74) is 0.212. The number of anilines is 1. The van der Waals surface area contributed by atoms with E-state index in [2.05, 4.69) is 0 Å². The molecular formula is C19H18F2N2O2. The molecular weight excluding hydrogens is 326 g/mol. The van der Waals surface area contributed by atoms with Crippen molar-refractivity contribution in [2.45, 2.75) is 0 Å². The molecule has 0 aliphatic rings. The average molecular weight is 344 g/mol. The molecule has 0 aliphatic heterocycles. The largest absolute Gasteiger partial charge is 0.347 e. The van der Waals surface area contributed by atoms with Crippen molar-refractivity contribution in [3.8, 4) is 0 Å². The zero-order chi connectivity index (χ0) is 18.4. The summed E-state index contributed by atoms with van der Waals surface area (Å²) in [6.07, 6.45) is 2.13. The Kier molecular flexibility index (Phi) is 6.00. The lowest BCUT2D eigenvalue weighted by Gasteiger charge is -2.22. The van der Waals surface area contributed by atoms with E-state index in [0.29, 0.717) is 5.69 Å². The molecule has 25 heavy (non-hydrogen) atoms. The van der Waals surface area contributed by atoms with Crippen molar-refractivity contribution in [1.82, 2.24) is 4.90 Å². The van der Waals surface area contributed by atoms with Crippen LogP contribution in [0.5, 0.6) is 0 Å². The van der Waals surface area contributed by atoms with Crippen molar-refractivity contribution >= 4 is 23.6 Å². The van der Waals surface area contributed by atoms with Gasteiger partial charge in [-0.3, -0.25) is 14.5 Å². The molecule has 0 unspecified atom stereocenters. The summed E-state index contributed by atoms with van der Waals surface area (Å²) in [6.45, 7) is -0.181. The number of rotatable bonds is 5. The number of carbonyl (C=O) groups excluding carboxylic acids is 2. The van der Waals surface area contributed by atoms with Crippen LogP contribution in [0.4, 0.5) is 14.5 Å². The third-order valence-corrected chi connectivity index (χ3v) is 3.52. The summed E-state index contributed by atoms with van der Waals surface area (Å²) in [5.74, 6) is -2.36. The minimum absolute atomic E-state index is 0.181. The van der Waals surface area contributed by atoms with Crippen LogP contribution in [0.15, 0.2) is 54.6 Å². The van der Waals surface area contributed by atoms with E-state index >= 15 is 0 Å². The zero-order valence-electron chi connectivity index (χ0n) is 13.9.